The number of hydrogen-bond acceptors (Lipinski definition) is 0. The summed E-state index contributed by atoms with van der Waals surface area (Å²) in [6.45, 7) is 4.93. The van der Waals surface area contributed by atoms with Crippen LogP contribution in [0.1, 0.15) is 117 Å². The monoisotopic (exact) mass is 504 g/mol. The predicted molar refractivity (Wildman–Crippen MR) is 133 cm³/mol. The molecule has 0 amide bonds. The van der Waals surface area contributed by atoms with Crippen LogP contribution in [0.15, 0.2) is 0 Å². The average Bonchev–Trinajstić information content (AvgIpc) is 2.78. The quantitative estimate of drug-likeness (QED) is 0.333. The van der Waals surface area contributed by atoms with Crippen LogP contribution in [0.3, 0.4) is 0 Å². The van der Waals surface area contributed by atoms with E-state index in [-0.39, 0.29) is 0 Å². The van der Waals surface area contributed by atoms with Gasteiger partial charge in [0.1, 0.15) is 0 Å². The molecule has 180 valence electrons. The summed E-state index contributed by atoms with van der Waals surface area (Å²) in [5.74, 6) is 3.34. The van der Waals surface area contributed by atoms with Crippen molar-refractivity contribution in [2.24, 2.45) is 23.7 Å². The van der Waals surface area contributed by atoms with Gasteiger partial charge in [0, 0.05) is 0 Å². The summed E-state index contributed by atoms with van der Waals surface area (Å²) in [6.07, 6.45) is 22.6. The Morgan fingerprint density at radius 1 is 0.484 bits per heavy atom. The summed E-state index contributed by atoms with van der Waals surface area (Å²) in [4.78, 5) is 0. The van der Waals surface area contributed by atoms with Gasteiger partial charge in [-0.3, -0.25) is 0 Å². The van der Waals surface area contributed by atoms with E-state index >= 15 is 0 Å². The zero-order valence-electron chi connectivity index (χ0n) is 20.1. The number of nitrogens with zero attached hydrogens (tertiary/aromatic N) is 2. The van der Waals surface area contributed by atoms with Crippen molar-refractivity contribution < 1.29 is 17.0 Å². The zero-order valence-corrected chi connectivity index (χ0v) is 23.2. The van der Waals surface area contributed by atoms with Crippen molar-refractivity contribution in [1.29, 1.82) is 0 Å². The second-order valence-electron chi connectivity index (χ2n) is 11.1. The van der Waals surface area contributed by atoms with E-state index in [0.717, 1.165) is 23.7 Å². The van der Waals surface area contributed by atoms with Crippen LogP contribution in [0.25, 0.3) is 10.6 Å². The maximum absolute atomic E-state index is 5.59. The van der Waals surface area contributed by atoms with E-state index in [1.54, 1.807) is 0 Å². The van der Waals surface area contributed by atoms with E-state index in [2.05, 4.69) is 13.8 Å². The summed E-state index contributed by atoms with van der Waals surface area (Å²) < 4.78 is 0. The first-order valence-electron chi connectivity index (χ1n) is 13.5. The van der Waals surface area contributed by atoms with Crippen molar-refractivity contribution >= 4 is 18.6 Å². The van der Waals surface area contributed by atoms with Crippen LogP contribution in [0.4, 0.5) is 0 Å². The summed E-state index contributed by atoms with van der Waals surface area (Å²) in [6, 6.07) is 2.64. The topological polar surface area (TPSA) is 28.2 Å². The van der Waals surface area contributed by atoms with Crippen LogP contribution in [-0.2, 0) is 17.0 Å². The first-order valence-corrected chi connectivity index (χ1v) is 17.8. The van der Waals surface area contributed by atoms with Crippen LogP contribution in [-0.4, -0.2) is 24.2 Å². The number of halogens is 2. The summed E-state index contributed by atoms with van der Waals surface area (Å²) in [5.41, 5.74) is 0. The Hall–Kier alpha value is 1.21. The van der Waals surface area contributed by atoms with Gasteiger partial charge >= 0.3 is 35.6 Å². The van der Waals surface area contributed by atoms with Gasteiger partial charge in [0.2, 0.25) is 0 Å². The zero-order chi connectivity index (χ0) is 22.1. The van der Waals surface area contributed by atoms with Crippen molar-refractivity contribution in [3.8, 4) is 0 Å². The maximum atomic E-state index is 5.59. The fraction of sp³-hybridized carbons (Fsp3) is 1.00. The molecule has 0 radical (unpaired) electrons. The summed E-state index contributed by atoms with van der Waals surface area (Å²) in [5, 5.41) is 11.2. The van der Waals surface area contributed by atoms with Gasteiger partial charge in [0.15, 0.2) is 0 Å². The molecule has 0 heterocycles. The van der Waals surface area contributed by atoms with Gasteiger partial charge in [0.25, 0.3) is 0 Å². The Labute approximate surface area is 209 Å². The van der Waals surface area contributed by atoms with Crippen LogP contribution < -0.4 is 0 Å². The Balaban J connectivity index is 0.000000858. The third kappa shape index (κ3) is 8.14. The molecule has 5 heteroatoms. The van der Waals surface area contributed by atoms with Gasteiger partial charge < -0.3 is 10.6 Å². The Morgan fingerprint density at radius 3 is 1.13 bits per heavy atom. The minimum absolute atomic E-state index is 0.556. The van der Waals surface area contributed by atoms with E-state index in [1.165, 1.54) is 103 Å². The van der Waals surface area contributed by atoms with Gasteiger partial charge in [-0.1, -0.05) is 140 Å². The Morgan fingerprint density at radius 2 is 0.774 bits per heavy atom. The number of hydrogen-bond donors (Lipinski definition) is 0. The molecule has 0 aromatic heterocycles. The molecule has 0 saturated heterocycles. The fourth-order valence-electron chi connectivity index (χ4n) is 7.18. The van der Waals surface area contributed by atoms with Gasteiger partial charge in [-0.25, -0.2) is 0 Å². The second-order valence-corrected chi connectivity index (χ2v) is 13.6. The molecule has 4 aliphatic rings. The standard InChI is InChI=1S/C26H46N2.2ClH.Ti/c1-19-11-3-7-15-23(19)27-25-17-9-5-13-21(25)22-14-6-10-18-26(22)28-24-16-8-4-12-20(24)2;;;/h19-26H,3-18H2,1-2H3;2*1H;/q-2;;;+2/p-2. The van der Waals surface area contributed by atoms with Crippen molar-refractivity contribution in [1.82, 2.24) is 0 Å². The van der Waals surface area contributed by atoms with Crippen molar-refractivity contribution in [2.75, 3.05) is 0 Å². The molecule has 2 nitrogen and oxygen atoms in total. The van der Waals surface area contributed by atoms with Crippen molar-refractivity contribution in [2.45, 2.75) is 141 Å². The van der Waals surface area contributed by atoms with Crippen LogP contribution >= 0.6 is 18.6 Å². The Bertz CT molecular complexity index is 452. The minimum atomic E-state index is -0.556. The molecule has 31 heavy (non-hydrogen) atoms. The van der Waals surface area contributed by atoms with Crippen molar-refractivity contribution in [3.63, 3.8) is 0 Å². The van der Waals surface area contributed by atoms with Gasteiger partial charge in [0.05, 0.1) is 0 Å². The number of rotatable bonds is 5. The molecule has 0 aliphatic heterocycles. The molecule has 0 spiro atoms. The van der Waals surface area contributed by atoms with E-state index < -0.39 is 17.0 Å². The first-order chi connectivity index (χ1) is 15.1. The van der Waals surface area contributed by atoms with E-state index in [0.29, 0.717) is 24.2 Å². The van der Waals surface area contributed by atoms with Gasteiger partial charge in [-0.05, 0) is 0 Å². The molecule has 0 bridgehead atoms. The SMILES string of the molecule is CC1CCCCC1[N-]C1CCCCC1C1CCCCC1[N-]C1CCCCC1C.[Cl][Ti][Cl]. The average molecular weight is 505 g/mol. The first kappa shape index (κ1) is 26.8. The van der Waals surface area contributed by atoms with Crippen LogP contribution in [0, 0.1) is 23.7 Å². The summed E-state index contributed by atoms with van der Waals surface area (Å²) >= 11 is -0.556. The molecule has 4 rings (SSSR count). The molecule has 4 saturated carbocycles. The normalized spacial score (nSPS) is 41.7. The molecular weight excluding hydrogens is 459 g/mol. The Kier molecular flexibility index (Phi) is 12.6. The van der Waals surface area contributed by atoms with Gasteiger partial charge in [-0.2, -0.15) is 0 Å². The van der Waals surface area contributed by atoms with Crippen LogP contribution in [0.5, 0.6) is 0 Å². The molecular formula is C26H46Cl2N2Ti-2. The van der Waals surface area contributed by atoms with E-state index in [1.807, 2.05) is 0 Å². The molecule has 4 aliphatic carbocycles. The van der Waals surface area contributed by atoms with E-state index in [9.17, 15) is 0 Å². The summed E-state index contributed by atoms with van der Waals surface area (Å²) in [7, 11) is 9.78. The fourth-order valence-corrected chi connectivity index (χ4v) is 7.18. The third-order valence-corrected chi connectivity index (χ3v) is 9.01. The molecule has 4 fully saturated rings. The molecule has 0 aromatic carbocycles. The predicted octanol–water partition coefficient (Wildman–Crippen LogP) is 9.39. The molecule has 0 N–H and O–H groups in total. The molecule has 8 atom stereocenters. The van der Waals surface area contributed by atoms with E-state index in [4.69, 9.17) is 29.2 Å². The molecule has 8 unspecified atom stereocenters. The van der Waals surface area contributed by atoms with Crippen molar-refractivity contribution in [3.05, 3.63) is 10.6 Å². The van der Waals surface area contributed by atoms with Gasteiger partial charge in [-0.15, -0.1) is 24.2 Å². The second kappa shape index (κ2) is 14.6. The van der Waals surface area contributed by atoms with Crippen LogP contribution in [0.2, 0.25) is 0 Å². The third-order valence-electron chi connectivity index (χ3n) is 9.01. The molecule has 0 aromatic rings.